The predicted octanol–water partition coefficient (Wildman–Crippen LogP) is 1.54. The molecule has 2 aromatic heterocycles. The van der Waals surface area contributed by atoms with Crippen LogP contribution in [0.3, 0.4) is 0 Å². The third-order valence-electron chi connectivity index (χ3n) is 2.34. The fourth-order valence-electron chi connectivity index (χ4n) is 1.55. The van der Waals surface area contributed by atoms with E-state index in [0.29, 0.717) is 5.69 Å². The quantitative estimate of drug-likeness (QED) is 0.809. The van der Waals surface area contributed by atoms with E-state index in [2.05, 4.69) is 23.9 Å². The van der Waals surface area contributed by atoms with Crippen LogP contribution in [0.1, 0.15) is 25.6 Å². The summed E-state index contributed by atoms with van der Waals surface area (Å²) in [5.74, 6) is 0.889. The summed E-state index contributed by atoms with van der Waals surface area (Å²) in [4.78, 5) is 4.02. The van der Waals surface area contributed by atoms with Gasteiger partial charge >= 0.3 is 0 Å². The molecule has 0 aromatic carbocycles. The van der Waals surface area contributed by atoms with E-state index in [0.717, 1.165) is 11.5 Å². The Bertz CT molecular complexity index is 452. The molecular formula is C10H15N5. The zero-order valence-corrected chi connectivity index (χ0v) is 9.18. The van der Waals surface area contributed by atoms with Crippen molar-refractivity contribution in [1.82, 2.24) is 19.3 Å². The highest BCUT2D eigenvalue weighted by atomic mass is 15.4. The van der Waals surface area contributed by atoms with Gasteiger partial charge in [-0.2, -0.15) is 5.10 Å². The maximum absolute atomic E-state index is 6.00. The largest absolute Gasteiger partial charge is 0.394 e. The van der Waals surface area contributed by atoms with Crippen LogP contribution in [0.4, 0.5) is 5.69 Å². The summed E-state index contributed by atoms with van der Waals surface area (Å²) in [6.07, 6.45) is 5.32. The van der Waals surface area contributed by atoms with Crippen molar-refractivity contribution in [3.63, 3.8) is 0 Å². The van der Waals surface area contributed by atoms with E-state index in [-0.39, 0.29) is 6.04 Å². The van der Waals surface area contributed by atoms with Crippen molar-refractivity contribution in [2.24, 2.45) is 0 Å². The maximum Gasteiger partial charge on any atom is 0.160 e. The van der Waals surface area contributed by atoms with E-state index in [1.54, 1.807) is 12.5 Å². The van der Waals surface area contributed by atoms with Crippen LogP contribution in [-0.2, 0) is 0 Å². The average Bonchev–Trinajstić information content (AvgIpc) is 2.76. The summed E-state index contributed by atoms with van der Waals surface area (Å²) in [5.41, 5.74) is 7.56. The first kappa shape index (κ1) is 9.76. The number of hydrogen-bond acceptors (Lipinski definition) is 3. The number of hydrogen-bond donors (Lipinski definition) is 1. The molecule has 2 heterocycles. The van der Waals surface area contributed by atoms with E-state index >= 15 is 0 Å². The molecule has 2 N–H and O–H groups in total. The summed E-state index contributed by atoms with van der Waals surface area (Å²) in [5, 5.41) is 4.41. The van der Waals surface area contributed by atoms with E-state index in [1.165, 1.54) is 0 Å². The second kappa shape index (κ2) is 3.42. The minimum atomic E-state index is 0.276. The van der Waals surface area contributed by atoms with Crippen molar-refractivity contribution in [3.05, 3.63) is 24.4 Å². The van der Waals surface area contributed by atoms with Gasteiger partial charge < -0.3 is 5.73 Å². The molecule has 0 radical (unpaired) electrons. The molecule has 0 aliphatic heterocycles. The molecule has 80 valence electrons. The standard InChI is InChI=1S/C10H15N5/c1-7(2)15-10(9(11)8(3)13-15)14-5-4-12-6-14/h4-7H,11H2,1-3H3. The molecule has 5 nitrogen and oxygen atoms in total. The summed E-state index contributed by atoms with van der Waals surface area (Å²) in [6, 6.07) is 0.276. The van der Waals surface area contributed by atoms with Crippen LogP contribution in [0.15, 0.2) is 18.7 Å². The van der Waals surface area contributed by atoms with Crippen LogP contribution in [0.2, 0.25) is 0 Å². The lowest BCUT2D eigenvalue weighted by molar-refractivity contribution is 0.519. The first-order valence-corrected chi connectivity index (χ1v) is 4.94. The first-order chi connectivity index (χ1) is 7.11. The number of nitrogen functional groups attached to an aromatic ring is 1. The van der Waals surface area contributed by atoms with Gasteiger partial charge in [0.2, 0.25) is 0 Å². The minimum Gasteiger partial charge on any atom is -0.394 e. The Labute approximate surface area is 88.5 Å². The lowest BCUT2D eigenvalue weighted by Crippen LogP contribution is -2.09. The fraction of sp³-hybridized carbons (Fsp3) is 0.400. The van der Waals surface area contributed by atoms with Gasteiger partial charge in [-0.3, -0.25) is 4.57 Å². The molecule has 0 unspecified atom stereocenters. The molecule has 0 saturated heterocycles. The Hall–Kier alpha value is -1.78. The van der Waals surface area contributed by atoms with Gasteiger partial charge in [-0.1, -0.05) is 0 Å². The zero-order valence-electron chi connectivity index (χ0n) is 9.18. The molecule has 0 aliphatic carbocycles. The van der Waals surface area contributed by atoms with Crippen molar-refractivity contribution in [3.8, 4) is 5.82 Å². The van der Waals surface area contributed by atoms with Gasteiger partial charge in [0.05, 0.1) is 11.4 Å². The Morgan fingerprint density at radius 2 is 2.13 bits per heavy atom. The van der Waals surface area contributed by atoms with Crippen LogP contribution in [-0.4, -0.2) is 19.3 Å². The molecule has 0 atom stereocenters. The Balaban J connectivity index is 2.63. The zero-order chi connectivity index (χ0) is 11.0. The highest BCUT2D eigenvalue weighted by Gasteiger charge is 2.15. The van der Waals surface area contributed by atoms with E-state index in [1.807, 2.05) is 22.4 Å². The number of aromatic nitrogens is 4. The van der Waals surface area contributed by atoms with E-state index in [9.17, 15) is 0 Å². The fourth-order valence-corrected chi connectivity index (χ4v) is 1.55. The van der Waals surface area contributed by atoms with Crippen LogP contribution < -0.4 is 5.73 Å². The molecule has 2 aromatic rings. The average molecular weight is 205 g/mol. The molecule has 0 bridgehead atoms. The second-order valence-corrected chi connectivity index (χ2v) is 3.83. The number of imidazole rings is 1. The van der Waals surface area contributed by atoms with Crippen molar-refractivity contribution < 1.29 is 0 Å². The second-order valence-electron chi connectivity index (χ2n) is 3.83. The normalized spacial score (nSPS) is 11.2. The Morgan fingerprint density at radius 3 is 2.67 bits per heavy atom. The van der Waals surface area contributed by atoms with Crippen molar-refractivity contribution in [2.45, 2.75) is 26.8 Å². The maximum atomic E-state index is 6.00. The number of nitrogens with zero attached hydrogens (tertiary/aromatic N) is 4. The monoisotopic (exact) mass is 205 g/mol. The van der Waals surface area contributed by atoms with Crippen molar-refractivity contribution in [1.29, 1.82) is 0 Å². The minimum absolute atomic E-state index is 0.276. The Morgan fingerprint density at radius 1 is 1.40 bits per heavy atom. The van der Waals surface area contributed by atoms with Gasteiger partial charge in [-0.15, -0.1) is 0 Å². The molecule has 5 heteroatoms. The van der Waals surface area contributed by atoms with Crippen molar-refractivity contribution in [2.75, 3.05) is 5.73 Å². The third-order valence-corrected chi connectivity index (χ3v) is 2.34. The predicted molar refractivity (Wildman–Crippen MR) is 58.9 cm³/mol. The molecule has 0 amide bonds. The van der Waals surface area contributed by atoms with Gasteiger partial charge in [0.15, 0.2) is 5.82 Å². The van der Waals surface area contributed by atoms with Crippen LogP contribution in [0, 0.1) is 6.92 Å². The Kier molecular flexibility index (Phi) is 2.22. The summed E-state index contributed by atoms with van der Waals surface area (Å²) < 4.78 is 3.79. The molecule has 0 saturated carbocycles. The highest BCUT2D eigenvalue weighted by molar-refractivity contribution is 5.57. The van der Waals surface area contributed by atoms with Crippen molar-refractivity contribution >= 4 is 5.69 Å². The van der Waals surface area contributed by atoms with Gasteiger partial charge in [-0.05, 0) is 20.8 Å². The number of nitrogens with two attached hydrogens (primary N) is 1. The molecule has 0 spiro atoms. The smallest absolute Gasteiger partial charge is 0.160 e. The van der Waals surface area contributed by atoms with Gasteiger partial charge in [0, 0.05) is 18.4 Å². The highest BCUT2D eigenvalue weighted by Crippen LogP contribution is 2.23. The number of anilines is 1. The molecular weight excluding hydrogens is 190 g/mol. The number of rotatable bonds is 2. The molecule has 15 heavy (non-hydrogen) atoms. The summed E-state index contributed by atoms with van der Waals surface area (Å²) in [7, 11) is 0. The third kappa shape index (κ3) is 1.49. The van der Waals surface area contributed by atoms with Crippen LogP contribution in [0.25, 0.3) is 5.82 Å². The molecule has 0 aliphatic rings. The first-order valence-electron chi connectivity index (χ1n) is 4.94. The van der Waals surface area contributed by atoms with E-state index in [4.69, 9.17) is 5.73 Å². The van der Waals surface area contributed by atoms with Gasteiger partial charge in [-0.25, -0.2) is 9.67 Å². The lowest BCUT2D eigenvalue weighted by atomic mass is 10.3. The topological polar surface area (TPSA) is 61.7 Å². The summed E-state index contributed by atoms with van der Waals surface area (Å²) in [6.45, 7) is 6.06. The van der Waals surface area contributed by atoms with Crippen LogP contribution in [0.5, 0.6) is 0 Å². The van der Waals surface area contributed by atoms with E-state index < -0.39 is 0 Å². The lowest BCUT2D eigenvalue weighted by Gasteiger charge is -2.11. The van der Waals surface area contributed by atoms with Crippen LogP contribution >= 0.6 is 0 Å². The van der Waals surface area contributed by atoms with Gasteiger partial charge in [0.25, 0.3) is 0 Å². The van der Waals surface area contributed by atoms with Gasteiger partial charge in [0.1, 0.15) is 6.33 Å². The SMILES string of the molecule is Cc1nn(C(C)C)c(-n2ccnc2)c1N. The summed E-state index contributed by atoms with van der Waals surface area (Å²) >= 11 is 0. The molecule has 0 fully saturated rings. The number of aryl methyl sites for hydroxylation is 1. The molecule has 2 rings (SSSR count).